The van der Waals surface area contributed by atoms with Gasteiger partial charge in [0.25, 0.3) is 5.69 Å². The van der Waals surface area contributed by atoms with E-state index in [1.807, 2.05) is 32.0 Å². The maximum atomic E-state index is 13.4. The van der Waals surface area contributed by atoms with Crippen LogP contribution in [0, 0.1) is 17.0 Å². The average Bonchev–Trinajstić information content (AvgIpc) is 2.79. The van der Waals surface area contributed by atoms with E-state index in [0.717, 1.165) is 33.5 Å². The van der Waals surface area contributed by atoms with Crippen LogP contribution in [0.1, 0.15) is 43.9 Å². The number of carbonyl (C=O) groups is 1. The van der Waals surface area contributed by atoms with E-state index >= 15 is 0 Å². The molecule has 2 aromatic rings. The summed E-state index contributed by atoms with van der Waals surface area (Å²) in [5, 5.41) is 14.3. The lowest BCUT2D eigenvalue weighted by molar-refractivity contribution is -0.384. The SMILES string of the molecule is CC[C@H](NC(=O)[C@@H](CC)N(c1cc([N+](=O)[O-])ccc1OC)S(C)(=O)=O)c1ccc(OC)c(C)c1. The second kappa shape index (κ2) is 11.2. The van der Waals surface area contributed by atoms with E-state index in [1.54, 1.807) is 14.0 Å². The van der Waals surface area contributed by atoms with Crippen molar-refractivity contribution in [3.05, 3.63) is 57.6 Å². The van der Waals surface area contributed by atoms with Gasteiger partial charge in [0.05, 0.1) is 31.4 Å². The number of methoxy groups -OCH3 is 2. The number of nitro groups is 1. The molecule has 2 rings (SSSR count). The molecule has 1 N–H and O–H groups in total. The maximum absolute atomic E-state index is 13.4. The van der Waals surface area contributed by atoms with Crippen LogP contribution in [0.3, 0.4) is 0 Å². The predicted octanol–water partition coefficient (Wildman–Crippen LogP) is 3.73. The lowest BCUT2D eigenvalue weighted by Crippen LogP contribution is -2.50. The minimum atomic E-state index is -4.02. The minimum Gasteiger partial charge on any atom is -0.496 e. The van der Waals surface area contributed by atoms with Crippen molar-refractivity contribution in [3.8, 4) is 11.5 Å². The van der Waals surface area contributed by atoms with E-state index in [1.165, 1.54) is 19.2 Å². The number of nitro benzene ring substituents is 1. The van der Waals surface area contributed by atoms with E-state index < -0.39 is 26.9 Å². The Morgan fingerprint density at radius 2 is 1.71 bits per heavy atom. The van der Waals surface area contributed by atoms with Gasteiger partial charge >= 0.3 is 0 Å². The largest absolute Gasteiger partial charge is 0.496 e. The van der Waals surface area contributed by atoms with E-state index in [9.17, 15) is 23.3 Å². The Morgan fingerprint density at radius 3 is 2.18 bits per heavy atom. The third-order valence-electron chi connectivity index (χ3n) is 5.49. The van der Waals surface area contributed by atoms with E-state index in [-0.39, 0.29) is 29.6 Å². The normalized spacial score (nSPS) is 13.0. The number of nitrogens with zero attached hydrogens (tertiary/aromatic N) is 2. The molecule has 0 aliphatic carbocycles. The Hall–Kier alpha value is -3.34. The Kier molecular flexibility index (Phi) is 8.86. The molecule has 1 amide bonds. The van der Waals surface area contributed by atoms with Crippen molar-refractivity contribution >= 4 is 27.3 Å². The summed E-state index contributed by atoms with van der Waals surface area (Å²) in [5.41, 5.74) is 1.36. The van der Waals surface area contributed by atoms with Crippen LogP contribution in [0.4, 0.5) is 11.4 Å². The Labute approximate surface area is 200 Å². The third kappa shape index (κ3) is 5.96. The molecule has 2 aromatic carbocycles. The number of hydrogen-bond donors (Lipinski definition) is 1. The molecule has 0 saturated carbocycles. The van der Waals surface area contributed by atoms with Gasteiger partial charge in [-0.15, -0.1) is 0 Å². The van der Waals surface area contributed by atoms with Gasteiger partial charge < -0.3 is 14.8 Å². The highest BCUT2D eigenvalue weighted by Crippen LogP contribution is 2.36. The summed E-state index contributed by atoms with van der Waals surface area (Å²) in [6.45, 7) is 5.47. The molecule has 34 heavy (non-hydrogen) atoms. The smallest absolute Gasteiger partial charge is 0.271 e. The second-order valence-corrected chi connectivity index (χ2v) is 9.65. The number of aryl methyl sites for hydroxylation is 1. The predicted molar refractivity (Wildman–Crippen MR) is 130 cm³/mol. The number of non-ortho nitro benzene ring substituents is 1. The summed E-state index contributed by atoms with van der Waals surface area (Å²) in [7, 11) is -1.12. The van der Waals surface area contributed by atoms with Crippen LogP contribution < -0.4 is 19.1 Å². The summed E-state index contributed by atoms with van der Waals surface area (Å²) in [6.07, 6.45) is 1.64. The van der Waals surface area contributed by atoms with Crippen LogP contribution in [0.5, 0.6) is 11.5 Å². The number of anilines is 1. The third-order valence-corrected chi connectivity index (χ3v) is 6.65. The molecule has 186 valence electrons. The van der Waals surface area contributed by atoms with Gasteiger partial charge in [-0.05, 0) is 43.0 Å². The first-order chi connectivity index (χ1) is 16.0. The first-order valence-electron chi connectivity index (χ1n) is 10.7. The van der Waals surface area contributed by atoms with Crippen molar-refractivity contribution in [2.75, 3.05) is 24.8 Å². The number of ether oxygens (including phenoxy) is 2. The lowest BCUT2D eigenvalue weighted by atomic mass is 10.0. The highest BCUT2D eigenvalue weighted by atomic mass is 32.2. The van der Waals surface area contributed by atoms with E-state index in [0.29, 0.717) is 6.42 Å². The fourth-order valence-electron chi connectivity index (χ4n) is 3.81. The van der Waals surface area contributed by atoms with Gasteiger partial charge in [-0.3, -0.25) is 19.2 Å². The number of amides is 1. The number of rotatable bonds is 11. The fourth-order valence-corrected chi connectivity index (χ4v) is 5.01. The number of carbonyl (C=O) groups excluding carboxylic acids is 1. The highest BCUT2D eigenvalue weighted by Gasteiger charge is 2.35. The Bertz CT molecular complexity index is 1150. The highest BCUT2D eigenvalue weighted by molar-refractivity contribution is 7.92. The van der Waals surface area contributed by atoms with Crippen LogP contribution in [-0.2, 0) is 14.8 Å². The first-order valence-corrected chi connectivity index (χ1v) is 12.6. The number of hydrogen-bond acceptors (Lipinski definition) is 7. The van der Waals surface area contributed by atoms with Crippen molar-refractivity contribution in [1.29, 1.82) is 0 Å². The van der Waals surface area contributed by atoms with Gasteiger partial charge in [-0.25, -0.2) is 8.42 Å². The first kappa shape index (κ1) is 26.9. The van der Waals surface area contributed by atoms with Gasteiger partial charge in [-0.2, -0.15) is 0 Å². The number of benzene rings is 2. The molecule has 0 unspecified atom stereocenters. The molecule has 0 fully saturated rings. The summed E-state index contributed by atoms with van der Waals surface area (Å²) >= 11 is 0. The van der Waals surface area contributed by atoms with Crippen LogP contribution >= 0.6 is 0 Å². The van der Waals surface area contributed by atoms with Gasteiger partial charge in [0.2, 0.25) is 15.9 Å². The Balaban J connectivity index is 2.50. The van der Waals surface area contributed by atoms with E-state index in [4.69, 9.17) is 9.47 Å². The molecule has 0 aromatic heterocycles. The van der Waals surface area contributed by atoms with Gasteiger partial charge in [0, 0.05) is 12.1 Å². The Morgan fingerprint density at radius 1 is 1.09 bits per heavy atom. The summed E-state index contributed by atoms with van der Waals surface area (Å²) in [4.78, 5) is 24.1. The van der Waals surface area contributed by atoms with Crippen molar-refractivity contribution in [2.45, 2.75) is 45.7 Å². The van der Waals surface area contributed by atoms with Crippen LogP contribution in [0.25, 0.3) is 0 Å². The summed E-state index contributed by atoms with van der Waals surface area (Å²) in [6, 6.07) is 7.66. The van der Waals surface area contributed by atoms with Crippen LogP contribution in [0.2, 0.25) is 0 Å². The lowest BCUT2D eigenvalue weighted by Gasteiger charge is -2.32. The van der Waals surface area contributed by atoms with Crippen LogP contribution in [-0.4, -0.2) is 45.8 Å². The standard InChI is InChI=1S/C23H31N3O7S/c1-7-18(16-9-11-21(32-4)15(3)13-16)24-23(27)19(8-2)25(34(6,30)31)20-14-17(26(28)29)10-12-22(20)33-5/h9-14,18-19H,7-8H2,1-6H3,(H,24,27)/t18-,19+/m0/s1. The number of nitrogens with one attached hydrogen (secondary N) is 1. The zero-order chi connectivity index (χ0) is 25.6. The number of sulfonamides is 1. The van der Waals surface area contributed by atoms with Crippen molar-refractivity contribution in [2.24, 2.45) is 0 Å². The fraction of sp³-hybridized carbons (Fsp3) is 0.435. The molecule has 0 radical (unpaired) electrons. The minimum absolute atomic E-state index is 0.0745. The van der Waals surface area contributed by atoms with Crippen LogP contribution in [0.15, 0.2) is 36.4 Å². The van der Waals surface area contributed by atoms with Gasteiger partial charge in [0.15, 0.2) is 0 Å². The molecule has 0 heterocycles. The van der Waals surface area contributed by atoms with E-state index in [2.05, 4.69) is 5.32 Å². The van der Waals surface area contributed by atoms with Crippen molar-refractivity contribution < 1.29 is 27.6 Å². The van der Waals surface area contributed by atoms with Gasteiger partial charge in [0.1, 0.15) is 23.2 Å². The van der Waals surface area contributed by atoms with Crippen molar-refractivity contribution in [3.63, 3.8) is 0 Å². The molecule has 0 aliphatic heterocycles. The average molecular weight is 494 g/mol. The molecular weight excluding hydrogens is 462 g/mol. The molecule has 11 heteroatoms. The summed E-state index contributed by atoms with van der Waals surface area (Å²) in [5.74, 6) is 0.291. The van der Waals surface area contributed by atoms with Crippen molar-refractivity contribution in [1.82, 2.24) is 5.32 Å². The zero-order valence-corrected chi connectivity index (χ0v) is 21.0. The quantitative estimate of drug-likeness (QED) is 0.373. The topological polar surface area (TPSA) is 128 Å². The monoisotopic (exact) mass is 493 g/mol. The zero-order valence-electron chi connectivity index (χ0n) is 20.2. The molecule has 0 aliphatic rings. The second-order valence-electron chi connectivity index (χ2n) is 7.79. The van der Waals surface area contributed by atoms with Gasteiger partial charge in [-0.1, -0.05) is 26.0 Å². The summed E-state index contributed by atoms with van der Waals surface area (Å²) < 4.78 is 37.1. The molecule has 0 saturated heterocycles. The molecule has 2 atom stereocenters. The molecule has 10 nitrogen and oxygen atoms in total. The molecule has 0 bridgehead atoms. The maximum Gasteiger partial charge on any atom is 0.271 e. The molecule has 0 spiro atoms. The molecular formula is C23H31N3O7S.